The van der Waals surface area contributed by atoms with Crippen molar-refractivity contribution < 1.29 is 19.1 Å². The molecule has 1 amide bonds. The number of carbonyl (C=O) groups is 2. The number of likely N-dealkylation sites (N-methyl/N-ethyl adjacent to an activating group) is 1. The van der Waals surface area contributed by atoms with Gasteiger partial charge < -0.3 is 25.0 Å². The highest BCUT2D eigenvalue weighted by Gasteiger charge is 2.17. The second-order valence-electron chi connectivity index (χ2n) is 7.62. The zero-order valence-corrected chi connectivity index (χ0v) is 18.3. The van der Waals surface area contributed by atoms with Gasteiger partial charge in [-0.2, -0.15) is 0 Å². The molecule has 0 aliphatic carbocycles. The summed E-state index contributed by atoms with van der Waals surface area (Å²) >= 11 is 0. The van der Waals surface area contributed by atoms with Crippen molar-refractivity contribution in [3.05, 3.63) is 35.9 Å². The van der Waals surface area contributed by atoms with E-state index in [1.54, 1.807) is 0 Å². The lowest BCUT2D eigenvalue weighted by molar-refractivity contribution is -0.129. The van der Waals surface area contributed by atoms with Gasteiger partial charge in [0.2, 0.25) is 0 Å². The molecular formula is C20H35N3O4S. The number of alkyl carbamates (subject to hydrolysis) is 1. The van der Waals surface area contributed by atoms with E-state index in [1.165, 1.54) is 0 Å². The summed E-state index contributed by atoms with van der Waals surface area (Å²) in [4.78, 5) is 23.5. The molecular weight excluding hydrogens is 378 g/mol. The Morgan fingerprint density at radius 1 is 1.32 bits per heavy atom. The van der Waals surface area contributed by atoms with E-state index in [1.807, 2.05) is 30.3 Å². The van der Waals surface area contributed by atoms with E-state index in [9.17, 15) is 9.59 Å². The molecule has 1 aliphatic rings. The molecule has 1 saturated heterocycles. The lowest BCUT2D eigenvalue weighted by Crippen LogP contribution is -2.53. The van der Waals surface area contributed by atoms with Gasteiger partial charge in [0.1, 0.15) is 13.2 Å². The first-order valence-electron chi connectivity index (χ1n) is 9.38. The van der Waals surface area contributed by atoms with E-state index >= 15 is 0 Å². The number of hydrogen-bond acceptors (Lipinski definition) is 6. The van der Waals surface area contributed by atoms with Gasteiger partial charge in [-0.05, 0) is 31.4 Å². The molecule has 0 radical (unpaired) electrons. The minimum absolute atomic E-state index is 0.298. The van der Waals surface area contributed by atoms with Gasteiger partial charge in [0.25, 0.3) is 6.47 Å². The summed E-state index contributed by atoms with van der Waals surface area (Å²) in [5.41, 5.74) is 1.01. The Morgan fingerprint density at radius 2 is 2.04 bits per heavy atom. The topological polar surface area (TPSA) is 79.9 Å². The Labute approximate surface area is 170 Å². The lowest BCUT2D eigenvalue weighted by atomic mass is 10.2. The van der Waals surface area contributed by atoms with Crippen LogP contribution in [0, 0.1) is 0 Å². The first-order valence-corrected chi connectivity index (χ1v) is 12.4. The van der Waals surface area contributed by atoms with Crippen molar-refractivity contribution in [1.82, 2.24) is 15.5 Å². The van der Waals surface area contributed by atoms with Crippen LogP contribution < -0.4 is 10.6 Å². The highest BCUT2D eigenvalue weighted by atomic mass is 32.3. The number of nitrogens with one attached hydrogen (secondary N) is 2. The first kappa shape index (κ1) is 24.3. The number of hydrogen-bond donors (Lipinski definition) is 2. The summed E-state index contributed by atoms with van der Waals surface area (Å²) in [6.45, 7) is 4.97. The fraction of sp³-hybridized carbons (Fsp3) is 0.600. The minimum Gasteiger partial charge on any atom is -0.463 e. The summed E-state index contributed by atoms with van der Waals surface area (Å²) in [6.07, 6.45) is 6.36. The fourth-order valence-electron chi connectivity index (χ4n) is 2.47. The van der Waals surface area contributed by atoms with Crippen molar-refractivity contribution in [1.29, 1.82) is 0 Å². The van der Waals surface area contributed by atoms with Gasteiger partial charge in [-0.15, -0.1) is 0 Å². The zero-order chi connectivity index (χ0) is 20.8. The van der Waals surface area contributed by atoms with Gasteiger partial charge in [-0.3, -0.25) is 4.79 Å². The minimum atomic E-state index is -0.587. The van der Waals surface area contributed by atoms with Crippen LogP contribution in [0.25, 0.3) is 0 Å². The molecule has 7 nitrogen and oxygen atoms in total. The summed E-state index contributed by atoms with van der Waals surface area (Å²) in [5.74, 6) is 0.963. The highest BCUT2D eigenvalue weighted by molar-refractivity contribution is 8.32. The van der Waals surface area contributed by atoms with Crippen LogP contribution in [0.3, 0.4) is 0 Å². The SMILES string of the molecule is CN1CCNC(CNC(=O)OCCS(C)(C)C)C1.O=COCc1ccccc1. The molecule has 8 heteroatoms. The molecule has 0 saturated carbocycles. The number of ether oxygens (including phenoxy) is 2. The second kappa shape index (κ2) is 13.4. The van der Waals surface area contributed by atoms with Crippen molar-refractivity contribution in [2.45, 2.75) is 12.6 Å². The average molecular weight is 414 g/mol. The van der Waals surface area contributed by atoms with E-state index in [2.05, 4.69) is 46.1 Å². The van der Waals surface area contributed by atoms with Crippen molar-refractivity contribution >= 4 is 22.6 Å². The normalized spacial score (nSPS) is 17.6. The van der Waals surface area contributed by atoms with Crippen LogP contribution >= 0.6 is 10.0 Å². The van der Waals surface area contributed by atoms with Crippen molar-refractivity contribution in [2.75, 3.05) is 64.4 Å². The van der Waals surface area contributed by atoms with E-state index < -0.39 is 10.0 Å². The van der Waals surface area contributed by atoms with Crippen LogP contribution in [0.4, 0.5) is 4.79 Å². The smallest absolute Gasteiger partial charge is 0.407 e. The van der Waals surface area contributed by atoms with Crippen LogP contribution in [0.15, 0.2) is 30.3 Å². The van der Waals surface area contributed by atoms with Gasteiger partial charge in [0, 0.05) is 38.0 Å². The molecule has 28 heavy (non-hydrogen) atoms. The van der Waals surface area contributed by atoms with Crippen molar-refractivity contribution in [3.63, 3.8) is 0 Å². The number of piperazine rings is 1. The molecule has 1 aromatic carbocycles. The maximum Gasteiger partial charge on any atom is 0.407 e. The molecule has 1 aromatic rings. The van der Waals surface area contributed by atoms with Crippen molar-refractivity contribution in [3.8, 4) is 0 Å². The van der Waals surface area contributed by atoms with E-state index in [-0.39, 0.29) is 6.09 Å². The quantitative estimate of drug-likeness (QED) is 0.631. The number of rotatable bonds is 8. The van der Waals surface area contributed by atoms with Crippen molar-refractivity contribution in [2.24, 2.45) is 0 Å². The van der Waals surface area contributed by atoms with Crippen LogP contribution in [-0.4, -0.2) is 87.9 Å². The maximum absolute atomic E-state index is 11.5. The Bertz CT molecular complexity index is 566. The number of benzene rings is 1. The van der Waals surface area contributed by atoms with E-state index in [0.29, 0.717) is 32.3 Å². The number of nitrogens with zero attached hydrogens (tertiary/aromatic N) is 1. The van der Waals surface area contributed by atoms with Crippen LogP contribution in [0.1, 0.15) is 5.56 Å². The predicted octanol–water partition coefficient (Wildman–Crippen LogP) is 1.67. The van der Waals surface area contributed by atoms with Gasteiger partial charge in [-0.1, -0.05) is 30.3 Å². The second-order valence-corrected chi connectivity index (χ2v) is 12.2. The molecule has 1 fully saturated rings. The fourth-order valence-corrected chi connectivity index (χ4v) is 3.06. The zero-order valence-electron chi connectivity index (χ0n) is 17.5. The molecule has 1 heterocycles. The third kappa shape index (κ3) is 12.6. The lowest BCUT2D eigenvalue weighted by Gasteiger charge is -2.30. The Kier molecular flexibility index (Phi) is 11.6. The van der Waals surface area contributed by atoms with Crippen LogP contribution in [0.5, 0.6) is 0 Å². The standard InChI is InChI=1S/C12H27N3O2S.C8H8O2/c1-15-6-5-13-11(10-15)9-14-12(16)17-7-8-18(2,3)4;9-7-10-6-8-4-2-1-3-5-8/h11,13H,5-10H2,1-4H3,(H,14,16);1-5,7H,6H2. The molecule has 1 atom stereocenters. The first-order chi connectivity index (χ1) is 13.3. The summed E-state index contributed by atoms with van der Waals surface area (Å²) in [7, 11) is 1.51. The third-order valence-electron chi connectivity index (χ3n) is 4.04. The van der Waals surface area contributed by atoms with Gasteiger partial charge in [0.05, 0.1) is 0 Å². The average Bonchev–Trinajstić information content (AvgIpc) is 2.65. The largest absolute Gasteiger partial charge is 0.463 e. The molecule has 2 rings (SSSR count). The predicted molar refractivity (Wildman–Crippen MR) is 116 cm³/mol. The molecule has 2 N–H and O–H groups in total. The summed E-state index contributed by atoms with van der Waals surface area (Å²) in [5, 5.41) is 6.20. The number of amides is 1. The number of carbonyl (C=O) groups excluding carboxylic acids is 2. The van der Waals surface area contributed by atoms with Gasteiger partial charge in [-0.25, -0.2) is 14.8 Å². The van der Waals surface area contributed by atoms with Crippen LogP contribution in [-0.2, 0) is 20.9 Å². The molecule has 0 aromatic heterocycles. The van der Waals surface area contributed by atoms with E-state index in [0.717, 1.165) is 31.0 Å². The summed E-state index contributed by atoms with van der Waals surface area (Å²) in [6, 6.07) is 9.87. The summed E-state index contributed by atoms with van der Waals surface area (Å²) < 4.78 is 9.70. The Morgan fingerprint density at radius 3 is 2.64 bits per heavy atom. The van der Waals surface area contributed by atoms with Gasteiger partial charge >= 0.3 is 6.09 Å². The highest BCUT2D eigenvalue weighted by Crippen LogP contribution is 2.33. The van der Waals surface area contributed by atoms with Crippen LogP contribution in [0.2, 0.25) is 0 Å². The Hall–Kier alpha value is -1.77. The molecule has 1 unspecified atom stereocenters. The van der Waals surface area contributed by atoms with Gasteiger partial charge in [0.15, 0.2) is 0 Å². The molecule has 0 bridgehead atoms. The Balaban J connectivity index is 0.000000330. The third-order valence-corrected chi connectivity index (χ3v) is 5.43. The monoisotopic (exact) mass is 413 g/mol. The molecule has 160 valence electrons. The van der Waals surface area contributed by atoms with E-state index in [4.69, 9.17) is 4.74 Å². The maximum atomic E-state index is 11.5. The molecule has 1 aliphatic heterocycles. The molecule has 0 spiro atoms.